The Kier molecular flexibility index (Phi) is 7.23. The average molecular weight is 456 g/mol. The van der Waals surface area contributed by atoms with Crippen LogP contribution in [-0.4, -0.2) is 72.2 Å². The zero-order chi connectivity index (χ0) is 22.7. The highest BCUT2D eigenvalue weighted by Gasteiger charge is 2.39. The molecule has 32 heavy (non-hydrogen) atoms. The maximum Gasteiger partial charge on any atom is 0.222 e. The minimum Gasteiger partial charge on any atom is -0.390 e. The number of likely N-dealkylation sites (tertiary alicyclic amines) is 1. The standard InChI is InChI=1S/C26H37N3O2S/c1-20(2)26(3,24-10-7-17-32-24)12-11-25(31)29-18-22(23(30)19-29)28-15-13-27(14-16-28)21-8-5-4-6-9-21/h4-10,17,20,22-23,30H,11-16,18-19H2,1-3H3. The molecule has 1 aromatic heterocycles. The van der Waals surface area contributed by atoms with Crippen molar-refractivity contribution in [3.63, 3.8) is 0 Å². The molecule has 3 heterocycles. The number of piperazine rings is 1. The van der Waals surface area contributed by atoms with Gasteiger partial charge in [0.05, 0.1) is 12.1 Å². The number of benzene rings is 1. The first-order valence-corrected chi connectivity index (χ1v) is 12.8. The van der Waals surface area contributed by atoms with Gasteiger partial charge < -0.3 is 14.9 Å². The van der Waals surface area contributed by atoms with Crippen molar-refractivity contribution in [1.82, 2.24) is 9.80 Å². The van der Waals surface area contributed by atoms with E-state index in [0.717, 1.165) is 32.6 Å². The van der Waals surface area contributed by atoms with Crippen LogP contribution in [0.1, 0.15) is 38.5 Å². The fourth-order valence-electron chi connectivity index (χ4n) is 5.11. The predicted octanol–water partition coefficient (Wildman–Crippen LogP) is 3.84. The van der Waals surface area contributed by atoms with E-state index in [4.69, 9.17) is 0 Å². The number of carbonyl (C=O) groups is 1. The molecule has 0 bridgehead atoms. The van der Waals surface area contributed by atoms with Crippen LogP contribution in [0.5, 0.6) is 0 Å². The number of rotatable bonds is 7. The first-order valence-electron chi connectivity index (χ1n) is 11.9. The highest BCUT2D eigenvalue weighted by molar-refractivity contribution is 7.10. The summed E-state index contributed by atoms with van der Waals surface area (Å²) in [6.07, 6.45) is 0.918. The van der Waals surface area contributed by atoms with Crippen molar-refractivity contribution in [2.24, 2.45) is 5.92 Å². The van der Waals surface area contributed by atoms with Gasteiger partial charge in [0.15, 0.2) is 0 Å². The minimum absolute atomic E-state index is 0.00926. The third-order valence-corrected chi connectivity index (χ3v) is 8.88. The molecule has 1 N–H and O–H groups in total. The molecule has 2 aliphatic rings. The Bertz CT molecular complexity index is 864. The zero-order valence-electron chi connectivity index (χ0n) is 19.6. The third kappa shape index (κ3) is 4.87. The summed E-state index contributed by atoms with van der Waals surface area (Å²) in [4.78, 5) is 21.1. The number of β-amino-alcohol motifs (C(OH)–C–C–N with tert-alkyl or cyclic N) is 1. The summed E-state index contributed by atoms with van der Waals surface area (Å²) in [6.45, 7) is 11.6. The molecule has 0 aliphatic carbocycles. The van der Waals surface area contributed by atoms with E-state index in [1.807, 2.05) is 11.0 Å². The predicted molar refractivity (Wildman–Crippen MR) is 132 cm³/mol. The molecule has 5 nitrogen and oxygen atoms in total. The third-order valence-electron chi connectivity index (χ3n) is 7.73. The number of amides is 1. The lowest BCUT2D eigenvalue weighted by atomic mass is 9.74. The van der Waals surface area contributed by atoms with Crippen LogP contribution in [0.4, 0.5) is 5.69 Å². The van der Waals surface area contributed by atoms with Crippen molar-refractivity contribution in [2.75, 3.05) is 44.2 Å². The van der Waals surface area contributed by atoms with Gasteiger partial charge in [0.2, 0.25) is 5.91 Å². The van der Waals surface area contributed by atoms with E-state index >= 15 is 0 Å². The van der Waals surface area contributed by atoms with Crippen LogP contribution in [0.25, 0.3) is 0 Å². The molecule has 6 heteroatoms. The van der Waals surface area contributed by atoms with Crippen LogP contribution in [0, 0.1) is 5.92 Å². The summed E-state index contributed by atoms with van der Waals surface area (Å²) in [6, 6.07) is 14.9. The molecule has 3 atom stereocenters. The molecule has 0 saturated carbocycles. The van der Waals surface area contributed by atoms with Gasteiger partial charge in [-0.1, -0.05) is 45.0 Å². The second-order valence-electron chi connectivity index (χ2n) is 9.84. The topological polar surface area (TPSA) is 47.0 Å². The Morgan fingerprint density at radius 1 is 1.09 bits per heavy atom. The Labute approximate surface area is 196 Å². The van der Waals surface area contributed by atoms with Gasteiger partial charge in [-0.2, -0.15) is 0 Å². The van der Waals surface area contributed by atoms with Crippen molar-refractivity contribution in [1.29, 1.82) is 0 Å². The number of aliphatic hydroxyl groups excluding tert-OH is 1. The van der Waals surface area contributed by atoms with Crippen LogP contribution in [-0.2, 0) is 10.2 Å². The Morgan fingerprint density at radius 3 is 2.44 bits per heavy atom. The lowest BCUT2D eigenvalue weighted by Gasteiger charge is -2.39. The van der Waals surface area contributed by atoms with Gasteiger partial charge in [0, 0.05) is 61.7 Å². The lowest BCUT2D eigenvalue weighted by molar-refractivity contribution is -0.131. The van der Waals surface area contributed by atoms with E-state index in [2.05, 4.69) is 72.3 Å². The maximum absolute atomic E-state index is 13.1. The van der Waals surface area contributed by atoms with Gasteiger partial charge >= 0.3 is 0 Å². The molecular formula is C26H37N3O2S. The number of thiophene rings is 1. The first-order chi connectivity index (χ1) is 15.4. The molecule has 2 fully saturated rings. The number of anilines is 1. The van der Waals surface area contributed by atoms with Gasteiger partial charge in [-0.15, -0.1) is 11.3 Å². The summed E-state index contributed by atoms with van der Waals surface area (Å²) >= 11 is 1.78. The van der Waals surface area contributed by atoms with Crippen LogP contribution in [0.3, 0.4) is 0 Å². The Balaban J connectivity index is 1.31. The normalized spacial score (nSPS) is 24.2. The van der Waals surface area contributed by atoms with Crippen LogP contribution in [0.2, 0.25) is 0 Å². The molecule has 2 saturated heterocycles. The second kappa shape index (κ2) is 9.94. The SMILES string of the molecule is CC(C)C(C)(CCC(=O)N1CC(O)C(N2CCN(c3ccccc3)CC2)C1)c1cccs1. The summed E-state index contributed by atoms with van der Waals surface area (Å²) in [5.41, 5.74) is 1.27. The molecule has 4 rings (SSSR count). The van der Waals surface area contributed by atoms with Crippen LogP contribution >= 0.6 is 11.3 Å². The molecule has 0 spiro atoms. The van der Waals surface area contributed by atoms with Crippen molar-refractivity contribution < 1.29 is 9.90 Å². The van der Waals surface area contributed by atoms with Gasteiger partial charge in [-0.05, 0) is 35.9 Å². The molecule has 2 aromatic rings. The number of hydrogen-bond acceptors (Lipinski definition) is 5. The Morgan fingerprint density at radius 2 is 1.81 bits per heavy atom. The number of hydrogen-bond donors (Lipinski definition) is 1. The molecule has 174 valence electrons. The monoisotopic (exact) mass is 455 g/mol. The van der Waals surface area contributed by atoms with Crippen LogP contribution < -0.4 is 4.90 Å². The maximum atomic E-state index is 13.1. The van der Waals surface area contributed by atoms with E-state index in [9.17, 15) is 9.90 Å². The van der Waals surface area contributed by atoms with Crippen molar-refractivity contribution in [3.8, 4) is 0 Å². The number of aliphatic hydroxyl groups is 1. The Hall–Kier alpha value is -1.89. The van der Waals surface area contributed by atoms with Crippen LogP contribution in [0.15, 0.2) is 47.8 Å². The van der Waals surface area contributed by atoms with E-state index in [1.165, 1.54) is 10.6 Å². The molecule has 0 radical (unpaired) electrons. The summed E-state index contributed by atoms with van der Waals surface area (Å²) in [7, 11) is 0. The number of nitrogens with zero attached hydrogens (tertiary/aromatic N) is 3. The zero-order valence-corrected chi connectivity index (χ0v) is 20.4. The summed E-state index contributed by atoms with van der Waals surface area (Å²) < 4.78 is 0. The highest BCUT2D eigenvalue weighted by Crippen LogP contribution is 2.39. The van der Waals surface area contributed by atoms with Crippen molar-refractivity contribution in [2.45, 2.75) is 51.2 Å². The highest BCUT2D eigenvalue weighted by atomic mass is 32.1. The number of para-hydroxylation sites is 1. The van der Waals surface area contributed by atoms with E-state index in [0.29, 0.717) is 25.4 Å². The van der Waals surface area contributed by atoms with E-state index < -0.39 is 6.10 Å². The second-order valence-corrected chi connectivity index (χ2v) is 10.8. The molecule has 2 aliphatic heterocycles. The van der Waals surface area contributed by atoms with Gasteiger partial charge in [-0.25, -0.2) is 0 Å². The summed E-state index contributed by atoms with van der Waals surface area (Å²) in [5.74, 6) is 0.643. The fourth-order valence-corrected chi connectivity index (χ4v) is 6.18. The van der Waals surface area contributed by atoms with E-state index in [1.54, 1.807) is 11.3 Å². The van der Waals surface area contributed by atoms with Gasteiger partial charge in [0.1, 0.15) is 0 Å². The molecular weight excluding hydrogens is 418 g/mol. The van der Waals surface area contributed by atoms with Gasteiger partial charge in [-0.3, -0.25) is 9.69 Å². The lowest BCUT2D eigenvalue weighted by Crippen LogP contribution is -2.53. The molecule has 1 amide bonds. The largest absolute Gasteiger partial charge is 0.390 e. The first kappa shape index (κ1) is 23.3. The average Bonchev–Trinajstić information content (AvgIpc) is 3.48. The molecule has 3 unspecified atom stereocenters. The minimum atomic E-state index is -0.462. The quantitative estimate of drug-likeness (QED) is 0.689. The van der Waals surface area contributed by atoms with Crippen molar-refractivity contribution >= 4 is 22.9 Å². The van der Waals surface area contributed by atoms with E-state index in [-0.39, 0.29) is 17.4 Å². The van der Waals surface area contributed by atoms with Crippen molar-refractivity contribution in [3.05, 3.63) is 52.7 Å². The summed E-state index contributed by atoms with van der Waals surface area (Å²) in [5, 5.41) is 12.9. The smallest absolute Gasteiger partial charge is 0.222 e. The fraction of sp³-hybridized carbons (Fsp3) is 0.577. The van der Waals surface area contributed by atoms with Gasteiger partial charge in [0.25, 0.3) is 0 Å². The molecule has 1 aromatic carbocycles. The number of carbonyl (C=O) groups excluding carboxylic acids is 1.